The van der Waals surface area contributed by atoms with Gasteiger partial charge in [0, 0.05) is 62.8 Å². The van der Waals surface area contributed by atoms with E-state index < -0.39 is 40.9 Å². The number of nitrogens with one attached hydrogen (secondary N) is 1. The number of imidazole rings is 1. The lowest BCUT2D eigenvalue weighted by molar-refractivity contribution is 0.0917. The van der Waals surface area contributed by atoms with E-state index in [0.717, 1.165) is 22.4 Å². The molecule has 14 nitrogen and oxygen atoms in total. The molecule has 0 atom stereocenters. The van der Waals surface area contributed by atoms with Crippen molar-refractivity contribution in [3.05, 3.63) is 123 Å². The van der Waals surface area contributed by atoms with Crippen LogP contribution in [-0.2, 0) is 6.54 Å². The smallest absolute Gasteiger partial charge is 0.407 e. The van der Waals surface area contributed by atoms with Crippen LogP contribution in [0.4, 0.5) is 13.6 Å². The molecular weight excluding hydrogens is 714 g/mol. The lowest BCUT2D eigenvalue weighted by Gasteiger charge is -2.33. The van der Waals surface area contributed by atoms with Crippen molar-refractivity contribution in [2.24, 2.45) is 0 Å². The average Bonchev–Trinajstić information content (AvgIpc) is 3.60. The molecule has 1 aliphatic carbocycles. The highest BCUT2D eigenvalue weighted by molar-refractivity contribution is 5.93. The number of nitrogens with zero attached hydrogens (tertiary/aromatic N) is 7. The van der Waals surface area contributed by atoms with Gasteiger partial charge in [0.1, 0.15) is 28.7 Å². The maximum absolute atomic E-state index is 14.6. The first-order valence-corrected chi connectivity index (χ1v) is 17.9. The van der Waals surface area contributed by atoms with Crippen LogP contribution in [0.15, 0.2) is 88.8 Å². The van der Waals surface area contributed by atoms with Gasteiger partial charge in [0.05, 0.1) is 17.3 Å². The second kappa shape index (κ2) is 14.4. The van der Waals surface area contributed by atoms with Crippen molar-refractivity contribution >= 4 is 28.7 Å². The van der Waals surface area contributed by atoms with Crippen LogP contribution in [0.3, 0.4) is 0 Å². The highest BCUT2D eigenvalue weighted by Gasteiger charge is 2.29. The summed E-state index contributed by atoms with van der Waals surface area (Å²) in [7, 11) is 0. The monoisotopic (exact) mass is 750 g/mol. The summed E-state index contributed by atoms with van der Waals surface area (Å²) < 4.78 is 32.1. The number of aromatic hydroxyl groups is 1. The van der Waals surface area contributed by atoms with Crippen molar-refractivity contribution in [1.82, 2.24) is 38.6 Å². The molecule has 0 unspecified atom stereocenters. The maximum atomic E-state index is 14.6. The van der Waals surface area contributed by atoms with Crippen LogP contribution in [-0.4, -0.2) is 87.7 Å². The lowest BCUT2D eigenvalue weighted by atomic mass is 9.90. The number of hydrogen-bond donors (Lipinski definition) is 3. The molecular formula is C39H36F2N8O6. The number of benzene rings is 2. The molecule has 2 amide bonds. The summed E-state index contributed by atoms with van der Waals surface area (Å²) in [6.45, 7) is 2.50. The number of pyridine rings is 2. The number of carbonyl (C=O) groups excluding carboxylic acids is 1. The number of phenolic OH excluding ortho intramolecular Hbond substituents is 1. The zero-order chi connectivity index (χ0) is 38.4. The third-order valence-electron chi connectivity index (χ3n) is 10.5. The topological polar surface area (TPSA) is 167 Å². The number of halogens is 2. The van der Waals surface area contributed by atoms with E-state index >= 15 is 0 Å². The van der Waals surface area contributed by atoms with Crippen molar-refractivity contribution in [3.8, 4) is 22.6 Å². The predicted octanol–water partition coefficient (Wildman–Crippen LogP) is 4.56. The lowest BCUT2D eigenvalue weighted by Crippen LogP contribution is -2.47. The number of carbonyl (C=O) groups is 2. The van der Waals surface area contributed by atoms with Crippen LogP contribution in [0.1, 0.15) is 47.8 Å². The van der Waals surface area contributed by atoms with Gasteiger partial charge in [0.2, 0.25) is 0 Å². The third-order valence-corrected chi connectivity index (χ3v) is 10.5. The fourth-order valence-corrected chi connectivity index (χ4v) is 7.64. The molecule has 2 fully saturated rings. The summed E-state index contributed by atoms with van der Waals surface area (Å²) >= 11 is 0. The van der Waals surface area contributed by atoms with Crippen LogP contribution < -0.4 is 16.6 Å². The highest BCUT2D eigenvalue weighted by Crippen LogP contribution is 2.32. The Morgan fingerprint density at radius 2 is 1.67 bits per heavy atom. The molecule has 2 aromatic carbocycles. The largest absolute Gasteiger partial charge is 0.507 e. The summed E-state index contributed by atoms with van der Waals surface area (Å²) in [4.78, 5) is 64.4. The molecule has 16 heteroatoms. The first-order valence-electron chi connectivity index (χ1n) is 17.9. The fourth-order valence-electron chi connectivity index (χ4n) is 7.64. The summed E-state index contributed by atoms with van der Waals surface area (Å²) in [6, 6.07) is 15.2. The van der Waals surface area contributed by atoms with Gasteiger partial charge in [-0.1, -0.05) is 24.3 Å². The van der Waals surface area contributed by atoms with E-state index in [9.17, 15) is 38.2 Å². The van der Waals surface area contributed by atoms with Crippen molar-refractivity contribution in [3.63, 3.8) is 0 Å². The van der Waals surface area contributed by atoms with Crippen LogP contribution in [0.5, 0.6) is 5.75 Å². The minimum atomic E-state index is -0.937. The summed E-state index contributed by atoms with van der Waals surface area (Å²) in [5.41, 5.74) is 1.52. The molecule has 2 aliphatic rings. The molecule has 1 aliphatic heterocycles. The number of hydrogen-bond acceptors (Lipinski definition) is 8. The molecule has 4 aromatic heterocycles. The number of amides is 2. The average molecular weight is 751 g/mol. The molecule has 1 saturated carbocycles. The molecule has 5 heterocycles. The minimum Gasteiger partial charge on any atom is -0.507 e. The van der Waals surface area contributed by atoms with E-state index in [2.05, 4.69) is 20.2 Å². The van der Waals surface area contributed by atoms with E-state index in [4.69, 9.17) is 0 Å². The molecule has 0 spiro atoms. The molecule has 282 valence electrons. The second-order valence-electron chi connectivity index (χ2n) is 14.0. The van der Waals surface area contributed by atoms with E-state index in [1.807, 2.05) is 6.07 Å². The van der Waals surface area contributed by atoms with Gasteiger partial charge >= 0.3 is 11.8 Å². The first-order chi connectivity index (χ1) is 26.5. The van der Waals surface area contributed by atoms with Gasteiger partial charge in [-0.3, -0.25) is 19.1 Å². The van der Waals surface area contributed by atoms with Crippen LogP contribution in [0.25, 0.3) is 33.5 Å². The number of fused-ring (bicyclic) bond motifs is 2. The number of phenols is 1. The summed E-state index contributed by atoms with van der Waals surface area (Å²) in [5.74, 6) is -1.60. The van der Waals surface area contributed by atoms with Crippen molar-refractivity contribution in [2.45, 2.75) is 44.3 Å². The quantitative estimate of drug-likeness (QED) is 0.212. The number of piperazine rings is 1. The number of rotatable bonds is 7. The van der Waals surface area contributed by atoms with Crippen molar-refractivity contribution in [1.29, 1.82) is 0 Å². The normalized spacial score (nSPS) is 17.8. The second-order valence-corrected chi connectivity index (χ2v) is 14.0. The van der Waals surface area contributed by atoms with Gasteiger partial charge in [-0.2, -0.15) is 0 Å². The Balaban J connectivity index is 1.04. The van der Waals surface area contributed by atoms with Crippen molar-refractivity contribution < 1.29 is 28.6 Å². The Morgan fingerprint density at radius 3 is 2.42 bits per heavy atom. The molecule has 0 bridgehead atoms. The Bertz CT molecular complexity index is 2590. The van der Waals surface area contributed by atoms with Gasteiger partial charge in [0.15, 0.2) is 5.65 Å². The Hall–Kier alpha value is -6.42. The predicted molar refractivity (Wildman–Crippen MR) is 197 cm³/mol. The van der Waals surface area contributed by atoms with Gasteiger partial charge < -0.3 is 24.8 Å². The Morgan fingerprint density at radius 1 is 0.891 bits per heavy atom. The van der Waals surface area contributed by atoms with Crippen LogP contribution >= 0.6 is 0 Å². The van der Waals surface area contributed by atoms with Gasteiger partial charge in [-0.15, -0.1) is 0 Å². The molecule has 55 heavy (non-hydrogen) atoms. The Labute approximate surface area is 311 Å². The highest BCUT2D eigenvalue weighted by atomic mass is 19.1. The SMILES string of the molecule is O=C(NC1CCC(n2c(=O)c3cc(F)cnc3n(-c3cccc(-c4ccc(CN5CCN(C(=O)O)CC5)cc4O)c3)c2=O)CC1)c1cn2cc(F)ccc2n1. The molecule has 1 saturated heterocycles. The van der Waals surface area contributed by atoms with Crippen LogP contribution in [0, 0.1) is 11.6 Å². The molecule has 3 N–H and O–H groups in total. The van der Waals surface area contributed by atoms with E-state index in [1.54, 1.807) is 36.4 Å². The molecule has 8 rings (SSSR count). The van der Waals surface area contributed by atoms with Gasteiger partial charge in [0.25, 0.3) is 11.5 Å². The van der Waals surface area contributed by atoms with Crippen molar-refractivity contribution in [2.75, 3.05) is 26.2 Å². The standard InChI is InChI=1S/C39H36F2N8O6/c40-25-5-11-34-44-32(22-47(34)21-25)36(51)43-27-6-8-28(9-7-27)49-37(52)31-18-26(41)19-42-35(31)48(38(49)53)29-3-1-2-24(17-29)30-10-4-23(16-33(30)50)20-45-12-14-46(15-13-45)39(54)55/h1-5,10-11,16-19,21-22,27-28,50H,6-9,12-15,20H2,(H,43,51)(H,54,55). The first kappa shape index (κ1) is 35.6. The maximum Gasteiger partial charge on any atom is 0.407 e. The fraction of sp³-hybridized carbons (Fsp3) is 0.282. The van der Waals surface area contributed by atoms with E-state index in [1.165, 1.54) is 38.4 Å². The number of aromatic nitrogens is 5. The zero-order valence-electron chi connectivity index (χ0n) is 29.4. The summed E-state index contributed by atoms with van der Waals surface area (Å²) in [5, 5.41) is 23.2. The minimum absolute atomic E-state index is 0.0133. The Kier molecular flexibility index (Phi) is 9.34. The zero-order valence-corrected chi connectivity index (χ0v) is 29.4. The van der Waals surface area contributed by atoms with E-state index in [-0.39, 0.29) is 28.5 Å². The van der Waals surface area contributed by atoms with Gasteiger partial charge in [-0.25, -0.2) is 32.9 Å². The summed E-state index contributed by atoms with van der Waals surface area (Å²) in [6.07, 6.45) is 4.35. The van der Waals surface area contributed by atoms with Gasteiger partial charge in [-0.05, 0) is 73.2 Å². The van der Waals surface area contributed by atoms with E-state index in [0.29, 0.717) is 80.9 Å². The third kappa shape index (κ3) is 7.03. The van der Waals surface area contributed by atoms with Crippen LogP contribution in [0.2, 0.25) is 0 Å². The molecule has 0 radical (unpaired) electrons. The number of carboxylic acid groups (broad SMARTS) is 1. The molecule has 6 aromatic rings.